The van der Waals surface area contributed by atoms with Gasteiger partial charge in [0.05, 0.1) is 6.61 Å². The van der Waals surface area contributed by atoms with Gasteiger partial charge in [0, 0.05) is 5.92 Å². The standard InChI is InChI=1S/C20H27NO/c1-3-12-22-20-7-5-6-18(14-20)19(15-21)13-17-10-8-16(4-2)9-11-17/h5-11,14,19H,3-4,12-13,15,21H2,1-2H3. The summed E-state index contributed by atoms with van der Waals surface area (Å²) in [7, 11) is 0. The number of ether oxygens (including phenoxy) is 1. The highest BCUT2D eigenvalue weighted by Gasteiger charge is 2.11. The predicted molar refractivity (Wildman–Crippen MR) is 93.5 cm³/mol. The molecule has 0 spiro atoms. The van der Waals surface area contributed by atoms with Crippen molar-refractivity contribution in [2.75, 3.05) is 13.2 Å². The zero-order valence-corrected chi connectivity index (χ0v) is 13.7. The highest BCUT2D eigenvalue weighted by molar-refractivity contribution is 5.33. The lowest BCUT2D eigenvalue weighted by atomic mass is 9.91. The first kappa shape index (κ1) is 16.6. The van der Waals surface area contributed by atoms with E-state index in [1.165, 1.54) is 16.7 Å². The van der Waals surface area contributed by atoms with Crippen LogP contribution in [0.1, 0.15) is 42.9 Å². The maximum Gasteiger partial charge on any atom is 0.119 e. The van der Waals surface area contributed by atoms with Gasteiger partial charge in [0.15, 0.2) is 0 Å². The van der Waals surface area contributed by atoms with Crippen LogP contribution >= 0.6 is 0 Å². The van der Waals surface area contributed by atoms with E-state index in [2.05, 4.69) is 56.3 Å². The summed E-state index contributed by atoms with van der Waals surface area (Å²) in [5.41, 5.74) is 10.00. The van der Waals surface area contributed by atoms with Crippen LogP contribution in [0.3, 0.4) is 0 Å². The Balaban J connectivity index is 2.09. The van der Waals surface area contributed by atoms with E-state index in [1.54, 1.807) is 0 Å². The van der Waals surface area contributed by atoms with Gasteiger partial charge in [-0.2, -0.15) is 0 Å². The van der Waals surface area contributed by atoms with Crippen molar-refractivity contribution in [2.24, 2.45) is 5.73 Å². The summed E-state index contributed by atoms with van der Waals surface area (Å²) in [6.07, 6.45) is 3.07. The Morgan fingerprint density at radius 2 is 1.73 bits per heavy atom. The summed E-state index contributed by atoms with van der Waals surface area (Å²) in [5, 5.41) is 0. The first-order chi connectivity index (χ1) is 10.8. The smallest absolute Gasteiger partial charge is 0.119 e. The summed E-state index contributed by atoms with van der Waals surface area (Å²) in [5.74, 6) is 1.27. The summed E-state index contributed by atoms with van der Waals surface area (Å²) < 4.78 is 5.73. The molecular weight excluding hydrogens is 270 g/mol. The summed E-state index contributed by atoms with van der Waals surface area (Å²) in [6.45, 7) is 5.70. The van der Waals surface area contributed by atoms with Gasteiger partial charge in [0.25, 0.3) is 0 Å². The molecule has 2 aromatic rings. The van der Waals surface area contributed by atoms with E-state index in [-0.39, 0.29) is 0 Å². The lowest BCUT2D eigenvalue weighted by molar-refractivity contribution is 0.317. The van der Waals surface area contributed by atoms with Crippen LogP contribution in [0.15, 0.2) is 48.5 Å². The monoisotopic (exact) mass is 297 g/mol. The second-order valence-electron chi connectivity index (χ2n) is 5.73. The fourth-order valence-corrected chi connectivity index (χ4v) is 2.61. The van der Waals surface area contributed by atoms with Crippen molar-refractivity contribution in [3.8, 4) is 5.75 Å². The van der Waals surface area contributed by atoms with Crippen molar-refractivity contribution in [3.63, 3.8) is 0 Å². The quantitative estimate of drug-likeness (QED) is 0.787. The average Bonchev–Trinajstić information content (AvgIpc) is 2.58. The highest BCUT2D eigenvalue weighted by Crippen LogP contribution is 2.24. The van der Waals surface area contributed by atoms with Gasteiger partial charge in [-0.3, -0.25) is 0 Å². The summed E-state index contributed by atoms with van der Waals surface area (Å²) in [4.78, 5) is 0. The Kier molecular flexibility index (Phi) is 6.47. The molecule has 0 saturated carbocycles. The van der Waals surface area contributed by atoms with Crippen LogP contribution in [0.25, 0.3) is 0 Å². The van der Waals surface area contributed by atoms with Crippen molar-refractivity contribution in [1.82, 2.24) is 0 Å². The molecule has 0 aliphatic rings. The molecule has 1 unspecified atom stereocenters. The molecule has 0 aliphatic heterocycles. The molecule has 22 heavy (non-hydrogen) atoms. The lowest BCUT2D eigenvalue weighted by Crippen LogP contribution is -2.15. The van der Waals surface area contributed by atoms with E-state index >= 15 is 0 Å². The van der Waals surface area contributed by atoms with E-state index in [0.717, 1.165) is 31.6 Å². The van der Waals surface area contributed by atoms with Crippen LogP contribution in [0.4, 0.5) is 0 Å². The minimum atomic E-state index is 0.331. The van der Waals surface area contributed by atoms with Gasteiger partial charge < -0.3 is 10.5 Å². The highest BCUT2D eigenvalue weighted by atomic mass is 16.5. The molecule has 2 nitrogen and oxygen atoms in total. The molecule has 0 heterocycles. The second kappa shape index (κ2) is 8.60. The molecule has 1 atom stereocenters. The molecule has 0 saturated heterocycles. The summed E-state index contributed by atoms with van der Waals surface area (Å²) >= 11 is 0. The molecular formula is C20H27NO. The number of hydrogen-bond acceptors (Lipinski definition) is 2. The normalized spacial score (nSPS) is 12.1. The van der Waals surface area contributed by atoms with Gasteiger partial charge in [-0.25, -0.2) is 0 Å². The van der Waals surface area contributed by atoms with Gasteiger partial charge in [-0.15, -0.1) is 0 Å². The SMILES string of the molecule is CCCOc1cccc(C(CN)Cc2ccc(CC)cc2)c1. The molecule has 0 amide bonds. The van der Waals surface area contributed by atoms with E-state index in [1.807, 2.05) is 6.07 Å². The Labute approximate surface area is 134 Å². The van der Waals surface area contributed by atoms with E-state index in [4.69, 9.17) is 10.5 Å². The Hall–Kier alpha value is -1.80. The molecule has 2 N–H and O–H groups in total. The maximum absolute atomic E-state index is 6.02. The third-order valence-electron chi connectivity index (χ3n) is 4.00. The predicted octanol–water partition coefficient (Wildman–Crippen LogP) is 4.32. The van der Waals surface area contributed by atoms with E-state index < -0.39 is 0 Å². The first-order valence-electron chi connectivity index (χ1n) is 8.27. The van der Waals surface area contributed by atoms with Crippen molar-refractivity contribution >= 4 is 0 Å². The number of hydrogen-bond donors (Lipinski definition) is 1. The Morgan fingerprint density at radius 3 is 2.36 bits per heavy atom. The second-order valence-corrected chi connectivity index (χ2v) is 5.73. The zero-order valence-electron chi connectivity index (χ0n) is 13.7. The number of aryl methyl sites for hydroxylation is 1. The van der Waals surface area contributed by atoms with Crippen molar-refractivity contribution in [2.45, 2.75) is 39.0 Å². The molecule has 2 aromatic carbocycles. The topological polar surface area (TPSA) is 35.2 Å². The molecule has 0 bridgehead atoms. The fourth-order valence-electron chi connectivity index (χ4n) is 2.61. The Bertz CT molecular complexity index is 562. The zero-order chi connectivity index (χ0) is 15.8. The van der Waals surface area contributed by atoms with Crippen LogP contribution in [0.5, 0.6) is 5.75 Å². The van der Waals surface area contributed by atoms with Gasteiger partial charge in [-0.1, -0.05) is 50.2 Å². The lowest BCUT2D eigenvalue weighted by Gasteiger charge is -2.17. The first-order valence-corrected chi connectivity index (χ1v) is 8.27. The maximum atomic E-state index is 6.02. The van der Waals surface area contributed by atoms with Gasteiger partial charge in [0.1, 0.15) is 5.75 Å². The van der Waals surface area contributed by atoms with Crippen LogP contribution in [-0.2, 0) is 12.8 Å². The molecule has 118 valence electrons. The molecule has 2 heteroatoms. The number of benzene rings is 2. The van der Waals surface area contributed by atoms with Gasteiger partial charge >= 0.3 is 0 Å². The van der Waals surface area contributed by atoms with Crippen molar-refractivity contribution in [3.05, 3.63) is 65.2 Å². The van der Waals surface area contributed by atoms with Crippen molar-refractivity contribution < 1.29 is 4.74 Å². The average molecular weight is 297 g/mol. The van der Waals surface area contributed by atoms with Crippen LogP contribution in [0, 0.1) is 0 Å². The van der Waals surface area contributed by atoms with Gasteiger partial charge in [-0.05, 0) is 54.6 Å². The number of rotatable bonds is 8. The molecule has 0 aromatic heterocycles. The van der Waals surface area contributed by atoms with Crippen LogP contribution in [0.2, 0.25) is 0 Å². The molecule has 0 fully saturated rings. The third-order valence-corrected chi connectivity index (χ3v) is 4.00. The molecule has 2 rings (SSSR count). The molecule has 0 aliphatic carbocycles. The van der Waals surface area contributed by atoms with Gasteiger partial charge in [0.2, 0.25) is 0 Å². The van der Waals surface area contributed by atoms with Crippen molar-refractivity contribution in [1.29, 1.82) is 0 Å². The Morgan fingerprint density at radius 1 is 1.00 bits per heavy atom. The third kappa shape index (κ3) is 4.60. The van der Waals surface area contributed by atoms with Crippen LogP contribution < -0.4 is 10.5 Å². The summed E-state index contributed by atoms with van der Waals surface area (Å²) in [6, 6.07) is 17.2. The number of nitrogens with two attached hydrogens (primary N) is 1. The largest absolute Gasteiger partial charge is 0.494 e. The van der Waals surface area contributed by atoms with E-state index in [9.17, 15) is 0 Å². The fraction of sp³-hybridized carbons (Fsp3) is 0.400. The minimum Gasteiger partial charge on any atom is -0.494 e. The molecule has 0 radical (unpaired) electrons. The van der Waals surface area contributed by atoms with Crippen LogP contribution in [-0.4, -0.2) is 13.2 Å². The van der Waals surface area contributed by atoms with E-state index in [0.29, 0.717) is 12.5 Å². The minimum absolute atomic E-state index is 0.331.